The molecule has 1 N–H and O–H groups in total. The van der Waals surface area contributed by atoms with Crippen LogP contribution >= 0.6 is 11.8 Å². The monoisotopic (exact) mass is 556 g/mol. The van der Waals surface area contributed by atoms with Crippen LogP contribution in [-0.2, 0) is 6.42 Å². The number of ketones is 1. The third-order valence-corrected chi connectivity index (χ3v) is 9.41. The number of aryl methyl sites for hydroxylation is 2. The number of hydrogen-bond donors (Lipinski definition) is 1. The average molecular weight is 557 g/mol. The Labute approximate surface area is 247 Å². The summed E-state index contributed by atoms with van der Waals surface area (Å²) in [7, 11) is 0. The fourth-order valence-electron chi connectivity index (χ4n) is 5.76. The van der Waals surface area contributed by atoms with Crippen LogP contribution in [0.4, 0.5) is 0 Å². The van der Waals surface area contributed by atoms with Gasteiger partial charge in [0.1, 0.15) is 0 Å². The van der Waals surface area contributed by atoms with E-state index in [1.165, 1.54) is 43.2 Å². The standard InChI is InChI=1S/C38H36O2S/c1-26-13-23-32(24-14-26)41-37-12-5-2-7-30(37)22-21-29-9-6-8-28(33-10-3-4-11-34(29)33)18-15-27-16-19-31(20-17-27)38(40)35-25-36(35)39/h2-5,7,9-14,16-17,19-24,28,35-36,39H,6,8,15,18,25H2,1H3/b22-21+/t28-,35?,36?/m1/s1. The van der Waals surface area contributed by atoms with E-state index in [-0.39, 0.29) is 11.7 Å². The molecule has 0 aromatic heterocycles. The molecule has 0 bridgehead atoms. The summed E-state index contributed by atoms with van der Waals surface area (Å²) in [6, 6.07) is 34.3. The third kappa shape index (κ3) is 6.64. The molecule has 4 aromatic carbocycles. The predicted octanol–water partition coefficient (Wildman–Crippen LogP) is 9.32. The van der Waals surface area contributed by atoms with Crippen LogP contribution in [0.25, 0.3) is 11.6 Å². The Morgan fingerprint density at radius 1 is 0.902 bits per heavy atom. The van der Waals surface area contributed by atoms with Crippen molar-refractivity contribution in [1.82, 2.24) is 0 Å². The Bertz CT molecular complexity index is 1580. The van der Waals surface area contributed by atoms with Gasteiger partial charge >= 0.3 is 0 Å². The van der Waals surface area contributed by atoms with E-state index in [9.17, 15) is 9.90 Å². The van der Waals surface area contributed by atoms with E-state index in [0.717, 1.165) is 31.2 Å². The molecule has 2 aliphatic carbocycles. The molecule has 206 valence electrons. The van der Waals surface area contributed by atoms with Gasteiger partial charge in [-0.25, -0.2) is 0 Å². The quantitative estimate of drug-likeness (QED) is 0.209. The second-order valence-electron chi connectivity index (χ2n) is 11.3. The molecule has 4 aromatic rings. The second-order valence-corrected chi connectivity index (χ2v) is 12.4. The molecule has 0 saturated heterocycles. The van der Waals surface area contributed by atoms with E-state index in [4.69, 9.17) is 0 Å². The lowest BCUT2D eigenvalue weighted by atomic mass is 9.86. The zero-order valence-electron chi connectivity index (χ0n) is 23.5. The van der Waals surface area contributed by atoms with Crippen LogP contribution in [0.2, 0.25) is 0 Å². The number of rotatable bonds is 9. The number of aliphatic hydroxyl groups excluding tert-OH is 1. The Morgan fingerprint density at radius 3 is 2.41 bits per heavy atom. The Balaban J connectivity index is 1.16. The van der Waals surface area contributed by atoms with Crippen molar-refractivity contribution in [1.29, 1.82) is 0 Å². The van der Waals surface area contributed by atoms with E-state index in [1.54, 1.807) is 0 Å². The SMILES string of the molecule is Cc1ccc(Sc2ccccc2/C=C/C2=CCC[C@H](CCc3ccc(C(=O)C4CC4O)cc3)c3ccccc32)cc1. The van der Waals surface area contributed by atoms with E-state index < -0.39 is 6.10 Å². The van der Waals surface area contributed by atoms with Crippen molar-refractivity contribution >= 4 is 29.2 Å². The van der Waals surface area contributed by atoms with Crippen molar-refractivity contribution in [2.45, 2.75) is 60.8 Å². The fourth-order valence-corrected chi connectivity index (χ4v) is 6.68. The number of benzene rings is 4. The fraction of sp³-hybridized carbons (Fsp3) is 0.237. The molecule has 0 amide bonds. The van der Waals surface area contributed by atoms with Crippen LogP contribution < -0.4 is 0 Å². The number of fused-ring (bicyclic) bond motifs is 1. The van der Waals surface area contributed by atoms with Crippen LogP contribution in [0.5, 0.6) is 0 Å². The maximum atomic E-state index is 12.4. The summed E-state index contributed by atoms with van der Waals surface area (Å²) < 4.78 is 0. The zero-order chi connectivity index (χ0) is 28.2. The minimum Gasteiger partial charge on any atom is -0.392 e. The number of allylic oxidation sites excluding steroid dienone is 3. The van der Waals surface area contributed by atoms with Crippen LogP contribution in [0.15, 0.2) is 119 Å². The van der Waals surface area contributed by atoms with E-state index in [1.807, 2.05) is 23.9 Å². The maximum Gasteiger partial charge on any atom is 0.168 e. The van der Waals surface area contributed by atoms with Gasteiger partial charge in [0.15, 0.2) is 5.78 Å². The largest absolute Gasteiger partial charge is 0.392 e. The molecule has 0 radical (unpaired) electrons. The molecule has 2 unspecified atom stereocenters. The maximum absolute atomic E-state index is 12.4. The van der Waals surface area contributed by atoms with Gasteiger partial charge in [-0.05, 0) is 91.0 Å². The molecule has 3 heteroatoms. The average Bonchev–Trinajstić information content (AvgIpc) is 3.77. The first-order valence-electron chi connectivity index (χ1n) is 14.7. The Hall–Kier alpha value is -3.66. The molecule has 0 spiro atoms. The van der Waals surface area contributed by atoms with E-state index in [0.29, 0.717) is 12.3 Å². The molecular formula is C38H36O2S. The first-order valence-corrected chi connectivity index (χ1v) is 15.5. The summed E-state index contributed by atoms with van der Waals surface area (Å²) >= 11 is 1.81. The highest BCUT2D eigenvalue weighted by atomic mass is 32.2. The molecule has 1 saturated carbocycles. The van der Waals surface area contributed by atoms with E-state index in [2.05, 4.69) is 110 Å². The predicted molar refractivity (Wildman–Crippen MR) is 170 cm³/mol. The molecule has 0 aliphatic heterocycles. The van der Waals surface area contributed by atoms with Crippen LogP contribution in [-0.4, -0.2) is 17.0 Å². The summed E-state index contributed by atoms with van der Waals surface area (Å²) in [4.78, 5) is 14.9. The van der Waals surface area contributed by atoms with Crippen molar-refractivity contribution < 1.29 is 9.90 Å². The second kappa shape index (κ2) is 12.5. The van der Waals surface area contributed by atoms with Crippen LogP contribution in [0.1, 0.15) is 69.8 Å². The van der Waals surface area contributed by atoms with Gasteiger partial charge in [-0.1, -0.05) is 114 Å². The van der Waals surface area contributed by atoms with Crippen molar-refractivity contribution in [3.8, 4) is 0 Å². The molecule has 1 fully saturated rings. The number of Topliss-reactive ketones (excluding diaryl/α,β-unsaturated/α-hetero) is 1. The zero-order valence-corrected chi connectivity index (χ0v) is 24.3. The molecule has 41 heavy (non-hydrogen) atoms. The third-order valence-electron chi connectivity index (χ3n) is 8.31. The molecule has 2 nitrogen and oxygen atoms in total. The summed E-state index contributed by atoms with van der Waals surface area (Å²) in [5.41, 5.74) is 8.54. The molecular weight excluding hydrogens is 520 g/mol. The summed E-state index contributed by atoms with van der Waals surface area (Å²) in [6.45, 7) is 2.12. The highest BCUT2D eigenvalue weighted by Crippen LogP contribution is 2.38. The normalized spacial score (nSPS) is 19.9. The van der Waals surface area contributed by atoms with Crippen molar-refractivity contribution in [3.63, 3.8) is 0 Å². The van der Waals surface area contributed by atoms with Gasteiger partial charge in [-0.15, -0.1) is 0 Å². The van der Waals surface area contributed by atoms with Crippen molar-refractivity contribution in [3.05, 3.63) is 143 Å². The number of carbonyl (C=O) groups excluding carboxylic acids is 1. The van der Waals surface area contributed by atoms with Gasteiger partial charge in [0.25, 0.3) is 0 Å². The number of hydrogen-bond acceptors (Lipinski definition) is 3. The van der Waals surface area contributed by atoms with E-state index >= 15 is 0 Å². The lowest BCUT2D eigenvalue weighted by Gasteiger charge is -2.18. The molecule has 6 rings (SSSR count). The minimum atomic E-state index is -0.446. The van der Waals surface area contributed by atoms with Gasteiger partial charge in [-0.3, -0.25) is 4.79 Å². The topological polar surface area (TPSA) is 37.3 Å². The number of aliphatic hydroxyl groups is 1. The minimum absolute atomic E-state index is 0.0739. The van der Waals surface area contributed by atoms with Gasteiger partial charge in [-0.2, -0.15) is 0 Å². The van der Waals surface area contributed by atoms with Gasteiger partial charge in [0.05, 0.1) is 12.0 Å². The van der Waals surface area contributed by atoms with Gasteiger partial charge < -0.3 is 5.11 Å². The van der Waals surface area contributed by atoms with Crippen molar-refractivity contribution in [2.75, 3.05) is 0 Å². The smallest absolute Gasteiger partial charge is 0.168 e. The van der Waals surface area contributed by atoms with Gasteiger partial charge in [0.2, 0.25) is 0 Å². The highest BCUT2D eigenvalue weighted by Gasteiger charge is 2.41. The van der Waals surface area contributed by atoms with Crippen molar-refractivity contribution in [2.24, 2.45) is 5.92 Å². The van der Waals surface area contributed by atoms with Gasteiger partial charge in [0, 0.05) is 15.4 Å². The van der Waals surface area contributed by atoms with Crippen LogP contribution in [0.3, 0.4) is 0 Å². The Morgan fingerprint density at radius 2 is 1.63 bits per heavy atom. The number of carbonyl (C=O) groups is 1. The Kier molecular flexibility index (Phi) is 8.36. The summed E-state index contributed by atoms with van der Waals surface area (Å²) in [6.07, 6.45) is 11.4. The molecule has 2 aliphatic rings. The molecule has 3 atom stereocenters. The lowest BCUT2D eigenvalue weighted by Crippen LogP contribution is -2.05. The van der Waals surface area contributed by atoms with Crippen LogP contribution in [0, 0.1) is 12.8 Å². The first kappa shape index (κ1) is 27.5. The molecule has 0 heterocycles. The highest BCUT2D eigenvalue weighted by molar-refractivity contribution is 7.99. The summed E-state index contributed by atoms with van der Waals surface area (Å²) in [5, 5.41) is 9.60. The summed E-state index contributed by atoms with van der Waals surface area (Å²) in [5.74, 6) is 0.366. The lowest BCUT2D eigenvalue weighted by molar-refractivity contribution is 0.0943. The first-order chi connectivity index (χ1) is 20.0.